The summed E-state index contributed by atoms with van der Waals surface area (Å²) < 4.78 is 39.2. The molecule has 0 saturated carbocycles. The van der Waals surface area contributed by atoms with Gasteiger partial charge in [0, 0.05) is 21.8 Å². The lowest BCUT2D eigenvalue weighted by atomic mass is 10.0. The number of thioether (sulfide) groups is 1. The number of rotatable bonds is 10. The molecule has 1 unspecified atom stereocenters. The molecule has 0 bridgehead atoms. The first-order valence-electron chi connectivity index (χ1n) is 14.8. The molecule has 0 radical (unpaired) electrons. The van der Waals surface area contributed by atoms with Crippen LogP contribution in [0.2, 0.25) is 0 Å². The molecule has 5 rings (SSSR count). The van der Waals surface area contributed by atoms with Crippen molar-refractivity contribution in [2.24, 2.45) is 0 Å². The van der Waals surface area contributed by atoms with Gasteiger partial charge in [0.05, 0.1) is 10.8 Å². The Morgan fingerprint density at radius 2 is 1.29 bits per heavy atom. The number of alkyl halides is 3. The topological polar surface area (TPSA) is 87.3 Å². The molecule has 5 aromatic rings. The summed E-state index contributed by atoms with van der Waals surface area (Å²) in [5.74, 6) is -1.51. The molecule has 0 aromatic heterocycles. The van der Waals surface area contributed by atoms with Crippen LogP contribution in [0.15, 0.2) is 144 Å². The molecule has 10 heteroatoms. The average molecular weight is 666 g/mol. The van der Waals surface area contributed by atoms with Gasteiger partial charge in [-0.15, -0.1) is 11.8 Å². The summed E-state index contributed by atoms with van der Waals surface area (Å²) in [6.07, 6.45) is -2.94. The van der Waals surface area contributed by atoms with Crippen LogP contribution in [0.5, 0.6) is 0 Å². The fraction of sp³-hybridized carbons (Fsp3) is 0.0789. The second-order valence-electron chi connectivity index (χ2n) is 10.7. The molecule has 3 N–H and O–H groups in total. The number of hydrogen-bond donors (Lipinski definition) is 3. The molecule has 0 aliphatic carbocycles. The maximum atomic E-state index is 13.6. The van der Waals surface area contributed by atoms with Gasteiger partial charge >= 0.3 is 6.18 Å². The average Bonchev–Trinajstić information content (AvgIpc) is 3.09. The minimum Gasteiger partial charge on any atom is -0.325 e. The Morgan fingerprint density at radius 1 is 0.688 bits per heavy atom. The van der Waals surface area contributed by atoms with E-state index in [0.717, 1.165) is 23.3 Å². The summed E-state index contributed by atoms with van der Waals surface area (Å²) in [5, 5.41) is 7.40. The number of amides is 3. The standard InChI is InChI=1S/C38H30F3N3O3S/c1-25(35(45)42-31-15-8-14-30(23-31)38(39,40)41)48-33-17-9-16-32(24-33)43-37(47)34(44-36(46)29-12-6-3-7-13-29)22-26-18-20-28(21-19-26)27-10-4-2-5-11-27/h2-25H,1H3,(H,42,45)(H,43,47)(H,44,46)/b34-22+. The summed E-state index contributed by atoms with van der Waals surface area (Å²) in [6, 6.07) is 37.2. The van der Waals surface area contributed by atoms with Crippen molar-refractivity contribution in [3.8, 4) is 11.1 Å². The van der Waals surface area contributed by atoms with Crippen LogP contribution in [0.1, 0.15) is 28.4 Å². The number of anilines is 2. The molecule has 0 aliphatic heterocycles. The fourth-order valence-corrected chi connectivity index (χ4v) is 5.56. The highest BCUT2D eigenvalue weighted by Gasteiger charge is 2.30. The molecule has 0 fully saturated rings. The smallest absolute Gasteiger partial charge is 0.325 e. The molecule has 0 heterocycles. The third-order valence-corrected chi connectivity index (χ3v) is 8.18. The second kappa shape index (κ2) is 15.3. The third kappa shape index (κ3) is 9.23. The van der Waals surface area contributed by atoms with Gasteiger partial charge in [0.15, 0.2) is 0 Å². The van der Waals surface area contributed by atoms with E-state index in [0.29, 0.717) is 21.7 Å². The summed E-state index contributed by atoms with van der Waals surface area (Å²) in [5.41, 5.74) is 2.72. The Balaban J connectivity index is 1.30. The Labute approximate surface area is 280 Å². The van der Waals surface area contributed by atoms with Crippen molar-refractivity contribution in [2.45, 2.75) is 23.2 Å². The lowest BCUT2D eigenvalue weighted by molar-refractivity contribution is -0.137. The highest BCUT2D eigenvalue weighted by Crippen LogP contribution is 2.31. The fourth-order valence-electron chi connectivity index (χ4n) is 4.63. The minimum atomic E-state index is -4.53. The van der Waals surface area contributed by atoms with Crippen molar-refractivity contribution in [2.75, 3.05) is 10.6 Å². The molecule has 3 amide bonds. The van der Waals surface area contributed by atoms with Crippen LogP contribution in [0.3, 0.4) is 0 Å². The second-order valence-corrected chi connectivity index (χ2v) is 12.1. The van der Waals surface area contributed by atoms with Crippen LogP contribution in [0.4, 0.5) is 24.5 Å². The van der Waals surface area contributed by atoms with Crippen molar-refractivity contribution in [1.82, 2.24) is 5.32 Å². The molecule has 1 atom stereocenters. The van der Waals surface area contributed by atoms with Crippen molar-refractivity contribution >= 4 is 46.9 Å². The zero-order valence-electron chi connectivity index (χ0n) is 25.6. The largest absolute Gasteiger partial charge is 0.416 e. The number of carbonyl (C=O) groups excluding carboxylic acids is 3. The summed E-state index contributed by atoms with van der Waals surface area (Å²) >= 11 is 1.17. The Bertz CT molecular complexity index is 1930. The highest BCUT2D eigenvalue weighted by molar-refractivity contribution is 8.00. The van der Waals surface area contributed by atoms with E-state index in [2.05, 4.69) is 16.0 Å². The van der Waals surface area contributed by atoms with E-state index in [9.17, 15) is 27.6 Å². The van der Waals surface area contributed by atoms with E-state index in [-0.39, 0.29) is 11.4 Å². The summed E-state index contributed by atoms with van der Waals surface area (Å²) in [7, 11) is 0. The zero-order valence-corrected chi connectivity index (χ0v) is 26.4. The third-order valence-electron chi connectivity index (χ3n) is 7.09. The monoisotopic (exact) mass is 665 g/mol. The molecular weight excluding hydrogens is 635 g/mol. The van der Waals surface area contributed by atoms with Gasteiger partial charge in [0.2, 0.25) is 5.91 Å². The Kier molecular flexibility index (Phi) is 10.8. The van der Waals surface area contributed by atoms with Crippen molar-refractivity contribution in [3.05, 3.63) is 156 Å². The normalized spacial score (nSPS) is 12.1. The van der Waals surface area contributed by atoms with Gasteiger partial charge in [-0.25, -0.2) is 0 Å². The van der Waals surface area contributed by atoms with E-state index in [1.807, 2.05) is 54.6 Å². The SMILES string of the molecule is CC(Sc1cccc(NC(=O)/C(=C\c2ccc(-c3ccccc3)cc2)NC(=O)c2ccccc2)c1)C(=O)Nc1cccc(C(F)(F)F)c1. The van der Waals surface area contributed by atoms with Gasteiger partial charge in [0.25, 0.3) is 11.8 Å². The predicted molar refractivity (Wildman–Crippen MR) is 184 cm³/mol. The molecule has 242 valence electrons. The quantitative estimate of drug-likeness (QED) is 0.103. The lowest BCUT2D eigenvalue weighted by Gasteiger charge is -2.15. The van der Waals surface area contributed by atoms with Gasteiger partial charge in [-0.1, -0.05) is 84.9 Å². The van der Waals surface area contributed by atoms with Gasteiger partial charge < -0.3 is 16.0 Å². The predicted octanol–water partition coefficient (Wildman–Crippen LogP) is 8.90. The van der Waals surface area contributed by atoms with E-state index < -0.39 is 34.7 Å². The first kappa shape index (κ1) is 33.7. The number of benzene rings is 5. The first-order chi connectivity index (χ1) is 23.0. The van der Waals surface area contributed by atoms with Crippen LogP contribution in [-0.2, 0) is 15.8 Å². The van der Waals surface area contributed by atoms with E-state index in [4.69, 9.17) is 0 Å². The molecule has 0 saturated heterocycles. The minimum absolute atomic E-state index is 0.0169. The highest BCUT2D eigenvalue weighted by atomic mass is 32.2. The number of carbonyl (C=O) groups is 3. The van der Waals surface area contributed by atoms with Crippen LogP contribution >= 0.6 is 11.8 Å². The van der Waals surface area contributed by atoms with Crippen LogP contribution < -0.4 is 16.0 Å². The summed E-state index contributed by atoms with van der Waals surface area (Å²) in [4.78, 5) is 40.0. The van der Waals surface area contributed by atoms with Gasteiger partial charge in [-0.2, -0.15) is 13.2 Å². The van der Waals surface area contributed by atoms with Crippen LogP contribution in [0, 0.1) is 0 Å². The van der Waals surface area contributed by atoms with E-state index >= 15 is 0 Å². The molecule has 48 heavy (non-hydrogen) atoms. The molecule has 6 nitrogen and oxygen atoms in total. The van der Waals surface area contributed by atoms with Crippen molar-refractivity contribution in [1.29, 1.82) is 0 Å². The van der Waals surface area contributed by atoms with E-state index in [1.54, 1.807) is 67.6 Å². The number of nitrogens with one attached hydrogen (secondary N) is 3. The number of halogens is 3. The van der Waals surface area contributed by atoms with Gasteiger partial charge in [0.1, 0.15) is 5.70 Å². The van der Waals surface area contributed by atoms with E-state index in [1.165, 1.54) is 23.9 Å². The maximum absolute atomic E-state index is 13.6. The molecular formula is C38H30F3N3O3S. The number of hydrogen-bond acceptors (Lipinski definition) is 4. The van der Waals surface area contributed by atoms with Crippen molar-refractivity contribution in [3.63, 3.8) is 0 Å². The Morgan fingerprint density at radius 3 is 1.96 bits per heavy atom. The van der Waals surface area contributed by atoms with Crippen molar-refractivity contribution < 1.29 is 27.6 Å². The Hall–Kier alpha value is -5.61. The first-order valence-corrected chi connectivity index (χ1v) is 15.7. The maximum Gasteiger partial charge on any atom is 0.416 e. The van der Waals surface area contributed by atoms with Gasteiger partial charge in [-0.3, -0.25) is 14.4 Å². The molecule has 5 aromatic carbocycles. The van der Waals surface area contributed by atoms with Crippen LogP contribution in [-0.4, -0.2) is 23.0 Å². The molecule has 0 aliphatic rings. The zero-order chi connectivity index (χ0) is 34.1. The lowest BCUT2D eigenvalue weighted by Crippen LogP contribution is -2.30. The summed E-state index contributed by atoms with van der Waals surface area (Å²) in [6.45, 7) is 1.63. The van der Waals surface area contributed by atoms with Gasteiger partial charge in [-0.05, 0) is 78.2 Å². The van der Waals surface area contributed by atoms with Crippen LogP contribution in [0.25, 0.3) is 17.2 Å². The molecule has 0 spiro atoms.